The maximum Gasteiger partial charge on any atom is 0.356 e. The second-order valence-electron chi connectivity index (χ2n) is 10.1. The molecule has 0 aliphatic carbocycles. The van der Waals surface area contributed by atoms with Crippen molar-refractivity contribution in [3.8, 4) is 0 Å². The van der Waals surface area contributed by atoms with E-state index in [4.69, 9.17) is 19.4 Å². The Balaban J connectivity index is 1.38. The van der Waals surface area contributed by atoms with Gasteiger partial charge in [-0.05, 0) is 43.0 Å². The largest absolute Gasteiger partial charge is 0.464 e. The normalized spacial score (nSPS) is 14.9. The number of nitrogens with one attached hydrogen (secondary N) is 2. The number of carbonyl (C=O) groups excluding carboxylic acids is 2. The molecule has 2 aromatic carbocycles. The zero-order chi connectivity index (χ0) is 28.3. The number of anilines is 2. The number of rotatable bonds is 9. The highest BCUT2D eigenvalue weighted by atomic mass is 16.5. The Morgan fingerprint density at radius 3 is 2.68 bits per heavy atom. The number of hydrogen-bond donors (Lipinski definition) is 2. The standard InChI is InChI=1S/C31H32N6O4/c1-36-24-12-7-6-11-23(24)34-26(36)19-32-21-17-22-27(35-30(38)25-13-8-16-41-25)28(31(39)40-2)37(29(22)33-18-21)15-14-20-9-4-3-5-10-20/h3-7,9-12,17-18,25,32H,8,13-16,19H2,1-2H3,(H,35,38). The van der Waals surface area contributed by atoms with Crippen LogP contribution in [0.15, 0.2) is 66.9 Å². The molecule has 5 aromatic rings. The van der Waals surface area contributed by atoms with Gasteiger partial charge in [-0.15, -0.1) is 0 Å². The fraction of sp³-hybridized carbons (Fsp3) is 0.290. The van der Waals surface area contributed by atoms with Crippen molar-refractivity contribution in [1.29, 1.82) is 0 Å². The lowest BCUT2D eigenvalue weighted by molar-refractivity contribution is -0.124. The number of nitrogens with zero attached hydrogens (tertiary/aromatic N) is 4. The van der Waals surface area contributed by atoms with E-state index in [1.165, 1.54) is 7.11 Å². The number of imidazole rings is 1. The molecule has 0 radical (unpaired) electrons. The monoisotopic (exact) mass is 552 g/mol. The molecule has 0 saturated carbocycles. The molecule has 3 aromatic heterocycles. The average Bonchev–Trinajstić information content (AvgIpc) is 3.73. The first-order chi connectivity index (χ1) is 20.0. The minimum Gasteiger partial charge on any atom is -0.464 e. The van der Waals surface area contributed by atoms with Gasteiger partial charge in [0.1, 0.15) is 17.6 Å². The van der Waals surface area contributed by atoms with Crippen molar-refractivity contribution in [3.63, 3.8) is 0 Å². The number of hydrogen-bond acceptors (Lipinski definition) is 7. The van der Waals surface area contributed by atoms with E-state index in [0.29, 0.717) is 49.3 Å². The molecule has 0 spiro atoms. The summed E-state index contributed by atoms with van der Waals surface area (Å²) in [5.41, 5.74) is 5.04. The van der Waals surface area contributed by atoms with Crippen LogP contribution in [0.4, 0.5) is 11.4 Å². The fourth-order valence-electron chi connectivity index (χ4n) is 5.38. The van der Waals surface area contributed by atoms with Gasteiger partial charge in [0.05, 0.1) is 42.3 Å². The number of pyridine rings is 1. The van der Waals surface area contributed by atoms with Gasteiger partial charge < -0.3 is 29.2 Å². The topological polar surface area (TPSA) is 112 Å². The molecule has 10 heteroatoms. The molecule has 1 saturated heterocycles. The Morgan fingerprint density at radius 1 is 1.12 bits per heavy atom. The van der Waals surface area contributed by atoms with Gasteiger partial charge in [-0.1, -0.05) is 42.5 Å². The lowest BCUT2D eigenvalue weighted by Crippen LogP contribution is -2.28. The van der Waals surface area contributed by atoms with Crippen molar-refractivity contribution in [2.45, 2.75) is 38.5 Å². The molecule has 0 bridgehead atoms. The number of benzene rings is 2. The maximum atomic E-state index is 13.2. The number of para-hydroxylation sites is 2. The van der Waals surface area contributed by atoms with E-state index in [2.05, 4.69) is 15.2 Å². The van der Waals surface area contributed by atoms with Crippen molar-refractivity contribution in [3.05, 3.63) is 83.9 Å². The molecular weight excluding hydrogens is 520 g/mol. The first kappa shape index (κ1) is 26.5. The zero-order valence-electron chi connectivity index (χ0n) is 23.1. The van der Waals surface area contributed by atoms with Crippen LogP contribution in [0.1, 0.15) is 34.7 Å². The minimum atomic E-state index is -0.560. The van der Waals surface area contributed by atoms with Crippen molar-refractivity contribution in [2.24, 2.45) is 7.05 Å². The fourth-order valence-corrected chi connectivity index (χ4v) is 5.38. The van der Waals surface area contributed by atoms with E-state index < -0.39 is 12.1 Å². The number of ether oxygens (including phenoxy) is 2. The number of carbonyl (C=O) groups is 2. The summed E-state index contributed by atoms with van der Waals surface area (Å²) in [5, 5.41) is 7.04. The lowest BCUT2D eigenvalue weighted by atomic mass is 10.1. The summed E-state index contributed by atoms with van der Waals surface area (Å²) in [4.78, 5) is 35.9. The Labute approximate surface area is 237 Å². The van der Waals surface area contributed by atoms with Crippen molar-refractivity contribution < 1.29 is 19.1 Å². The maximum absolute atomic E-state index is 13.2. The summed E-state index contributed by atoms with van der Waals surface area (Å²) in [7, 11) is 3.33. The summed E-state index contributed by atoms with van der Waals surface area (Å²) in [5.74, 6) is 0.0367. The molecule has 4 heterocycles. The molecule has 10 nitrogen and oxygen atoms in total. The van der Waals surface area contributed by atoms with Gasteiger partial charge in [-0.25, -0.2) is 14.8 Å². The first-order valence-electron chi connectivity index (χ1n) is 13.7. The van der Waals surface area contributed by atoms with Crippen molar-refractivity contribution >= 4 is 45.3 Å². The molecule has 1 amide bonds. The molecule has 6 rings (SSSR count). The van der Waals surface area contributed by atoms with Gasteiger partial charge in [0, 0.05) is 25.6 Å². The van der Waals surface area contributed by atoms with E-state index in [-0.39, 0.29) is 11.6 Å². The number of fused-ring (bicyclic) bond motifs is 2. The lowest BCUT2D eigenvalue weighted by Gasteiger charge is -2.13. The Hall–Kier alpha value is -4.70. The Bertz CT molecular complexity index is 1720. The third-order valence-corrected chi connectivity index (χ3v) is 7.54. The number of esters is 1. The van der Waals surface area contributed by atoms with Crippen LogP contribution in [0.25, 0.3) is 22.1 Å². The molecular formula is C31H32N6O4. The average molecular weight is 553 g/mol. The Morgan fingerprint density at radius 2 is 1.93 bits per heavy atom. The number of methoxy groups -OCH3 is 1. The third kappa shape index (κ3) is 5.26. The SMILES string of the molecule is COC(=O)c1c(NC(=O)C2CCCO2)c2cc(NCc3nc4ccccc4n3C)cnc2n1CCc1ccccc1. The highest BCUT2D eigenvalue weighted by Gasteiger charge is 2.30. The first-order valence-corrected chi connectivity index (χ1v) is 13.7. The van der Waals surface area contributed by atoms with E-state index >= 15 is 0 Å². The predicted octanol–water partition coefficient (Wildman–Crippen LogP) is 4.68. The van der Waals surface area contributed by atoms with Crippen LogP contribution < -0.4 is 10.6 Å². The summed E-state index contributed by atoms with van der Waals surface area (Å²) < 4.78 is 14.7. The van der Waals surface area contributed by atoms with E-state index in [0.717, 1.165) is 34.5 Å². The Kier molecular flexibility index (Phi) is 7.39. The van der Waals surface area contributed by atoms with Gasteiger partial charge in [-0.3, -0.25) is 4.79 Å². The second kappa shape index (κ2) is 11.4. The number of amides is 1. The van der Waals surface area contributed by atoms with Gasteiger partial charge in [0.15, 0.2) is 5.69 Å². The van der Waals surface area contributed by atoms with Crippen molar-refractivity contribution in [2.75, 3.05) is 24.4 Å². The predicted molar refractivity (Wildman–Crippen MR) is 157 cm³/mol. The molecule has 1 unspecified atom stereocenters. The van der Waals surface area contributed by atoms with Crippen LogP contribution in [0.5, 0.6) is 0 Å². The molecule has 1 aliphatic heterocycles. The minimum absolute atomic E-state index is 0.254. The van der Waals surface area contributed by atoms with Crippen LogP contribution in [0.2, 0.25) is 0 Å². The smallest absolute Gasteiger partial charge is 0.356 e. The van der Waals surface area contributed by atoms with Crippen LogP contribution in [-0.4, -0.2) is 50.8 Å². The van der Waals surface area contributed by atoms with Crippen LogP contribution in [-0.2, 0) is 40.8 Å². The number of aryl methyl sites for hydroxylation is 3. The van der Waals surface area contributed by atoms with E-state index in [9.17, 15) is 9.59 Å². The van der Waals surface area contributed by atoms with Gasteiger partial charge >= 0.3 is 5.97 Å². The molecule has 2 N–H and O–H groups in total. The van der Waals surface area contributed by atoms with Gasteiger partial charge in [0.25, 0.3) is 5.91 Å². The molecule has 1 aliphatic rings. The molecule has 210 valence electrons. The third-order valence-electron chi connectivity index (χ3n) is 7.54. The van der Waals surface area contributed by atoms with E-state index in [1.807, 2.05) is 72.3 Å². The second-order valence-corrected chi connectivity index (χ2v) is 10.1. The highest BCUT2D eigenvalue weighted by molar-refractivity contribution is 6.12. The van der Waals surface area contributed by atoms with Gasteiger partial charge in [-0.2, -0.15) is 0 Å². The van der Waals surface area contributed by atoms with E-state index in [1.54, 1.807) is 6.20 Å². The molecule has 1 fully saturated rings. The molecule has 1 atom stereocenters. The summed E-state index contributed by atoms with van der Waals surface area (Å²) in [6.45, 7) is 1.48. The summed E-state index contributed by atoms with van der Waals surface area (Å²) in [6, 6.07) is 19.9. The highest BCUT2D eigenvalue weighted by Crippen LogP contribution is 2.34. The summed E-state index contributed by atoms with van der Waals surface area (Å²) >= 11 is 0. The quantitative estimate of drug-likeness (QED) is 0.255. The van der Waals surface area contributed by atoms with Gasteiger partial charge in [0.2, 0.25) is 0 Å². The van der Waals surface area contributed by atoms with Crippen LogP contribution in [0.3, 0.4) is 0 Å². The number of aromatic nitrogens is 4. The molecule has 41 heavy (non-hydrogen) atoms. The van der Waals surface area contributed by atoms with Crippen molar-refractivity contribution in [1.82, 2.24) is 19.1 Å². The summed E-state index contributed by atoms with van der Waals surface area (Å²) in [6.07, 6.45) is 3.29. The zero-order valence-corrected chi connectivity index (χ0v) is 23.1. The van der Waals surface area contributed by atoms with Crippen LogP contribution in [0, 0.1) is 0 Å². The van der Waals surface area contributed by atoms with Crippen LogP contribution >= 0.6 is 0 Å².